The molecule has 5 nitrogen and oxygen atoms in total. The molecule has 3 heterocycles. The first-order valence-corrected chi connectivity index (χ1v) is 10.7. The van der Waals surface area contributed by atoms with E-state index in [1.165, 1.54) is 10.4 Å². The number of amides is 1. The van der Waals surface area contributed by atoms with Gasteiger partial charge in [-0.25, -0.2) is 4.68 Å². The molecular formula is C22H26N4OS. The molecule has 0 saturated carbocycles. The Hall–Kier alpha value is -2.44. The summed E-state index contributed by atoms with van der Waals surface area (Å²) >= 11 is 1.84. The van der Waals surface area contributed by atoms with Crippen LogP contribution >= 0.6 is 11.3 Å². The average Bonchev–Trinajstić information content (AvgIpc) is 3.38. The van der Waals surface area contributed by atoms with E-state index >= 15 is 0 Å². The van der Waals surface area contributed by atoms with E-state index in [0.717, 1.165) is 30.6 Å². The summed E-state index contributed by atoms with van der Waals surface area (Å²) < 4.78 is 1.85. The Balaban J connectivity index is 1.38. The number of nitrogens with zero attached hydrogens (tertiary/aromatic N) is 4. The predicted octanol–water partition coefficient (Wildman–Crippen LogP) is 3.90. The SMILES string of the molecule is CCC1c2ccsc2CCN1CC(=O)N(C)Cc1cnn(-c2ccccc2)c1. The molecule has 0 N–H and O–H groups in total. The molecular weight excluding hydrogens is 368 g/mol. The standard InChI is InChI=1S/C22H26N4OS/c1-3-20-19-10-12-28-21(19)9-11-25(20)16-22(27)24(2)14-17-13-23-26(15-17)18-7-5-4-6-8-18/h4-8,10,12-13,15,20H,3,9,11,14,16H2,1-2H3. The first kappa shape index (κ1) is 18.9. The Morgan fingerprint density at radius 1 is 1.29 bits per heavy atom. The third-order valence-electron chi connectivity index (χ3n) is 5.43. The number of likely N-dealkylation sites (N-methyl/N-ethyl adjacent to an activating group) is 1. The van der Waals surface area contributed by atoms with Gasteiger partial charge in [-0.05, 0) is 42.0 Å². The van der Waals surface area contributed by atoms with Crippen LogP contribution in [0.25, 0.3) is 5.69 Å². The smallest absolute Gasteiger partial charge is 0.236 e. The highest BCUT2D eigenvalue weighted by atomic mass is 32.1. The third-order valence-corrected chi connectivity index (χ3v) is 6.43. The molecule has 0 fully saturated rings. The Morgan fingerprint density at radius 3 is 2.89 bits per heavy atom. The maximum Gasteiger partial charge on any atom is 0.236 e. The molecule has 146 valence electrons. The highest BCUT2D eigenvalue weighted by Crippen LogP contribution is 2.34. The first-order chi connectivity index (χ1) is 13.7. The van der Waals surface area contributed by atoms with Crippen LogP contribution in [-0.4, -0.2) is 45.6 Å². The Kier molecular flexibility index (Phi) is 5.59. The van der Waals surface area contributed by atoms with Crippen molar-refractivity contribution in [3.05, 3.63) is 70.2 Å². The van der Waals surface area contributed by atoms with Crippen molar-refractivity contribution < 1.29 is 4.79 Å². The lowest BCUT2D eigenvalue weighted by Gasteiger charge is -2.35. The summed E-state index contributed by atoms with van der Waals surface area (Å²) in [7, 11) is 1.88. The van der Waals surface area contributed by atoms with Crippen LogP contribution in [0.15, 0.2) is 54.2 Å². The molecule has 1 atom stereocenters. The van der Waals surface area contributed by atoms with Crippen LogP contribution in [0.2, 0.25) is 0 Å². The number of hydrogen-bond acceptors (Lipinski definition) is 4. The van der Waals surface area contributed by atoms with E-state index in [9.17, 15) is 4.79 Å². The molecule has 2 aromatic heterocycles. The zero-order chi connectivity index (χ0) is 19.5. The van der Waals surface area contributed by atoms with Gasteiger partial charge in [0.25, 0.3) is 0 Å². The molecule has 4 rings (SSSR count). The molecule has 6 heteroatoms. The highest BCUT2D eigenvalue weighted by molar-refractivity contribution is 7.10. The molecule has 1 aliphatic heterocycles. The molecule has 28 heavy (non-hydrogen) atoms. The topological polar surface area (TPSA) is 41.4 Å². The molecule has 1 aliphatic rings. The van der Waals surface area contributed by atoms with E-state index < -0.39 is 0 Å². The van der Waals surface area contributed by atoms with Crippen LogP contribution in [-0.2, 0) is 17.8 Å². The van der Waals surface area contributed by atoms with Crippen molar-refractivity contribution in [2.75, 3.05) is 20.1 Å². The van der Waals surface area contributed by atoms with Gasteiger partial charge in [-0.3, -0.25) is 9.69 Å². The van der Waals surface area contributed by atoms with Gasteiger partial charge in [0.2, 0.25) is 5.91 Å². The number of fused-ring (bicyclic) bond motifs is 1. The summed E-state index contributed by atoms with van der Waals surface area (Å²) in [6.07, 6.45) is 5.91. The van der Waals surface area contributed by atoms with E-state index in [-0.39, 0.29) is 5.91 Å². The van der Waals surface area contributed by atoms with Gasteiger partial charge in [0.15, 0.2) is 0 Å². The molecule has 3 aromatic rings. The minimum atomic E-state index is 0.157. The van der Waals surface area contributed by atoms with Crippen molar-refractivity contribution in [2.24, 2.45) is 0 Å². The van der Waals surface area contributed by atoms with E-state index in [0.29, 0.717) is 19.1 Å². The minimum absolute atomic E-state index is 0.157. The zero-order valence-electron chi connectivity index (χ0n) is 16.4. The second-order valence-electron chi connectivity index (χ2n) is 7.32. The van der Waals surface area contributed by atoms with Crippen LogP contribution in [0.1, 0.15) is 35.4 Å². The van der Waals surface area contributed by atoms with Gasteiger partial charge in [-0.1, -0.05) is 25.1 Å². The number of thiophene rings is 1. The quantitative estimate of drug-likeness (QED) is 0.637. The molecule has 0 spiro atoms. The van der Waals surface area contributed by atoms with Crippen LogP contribution in [0.3, 0.4) is 0 Å². The second-order valence-corrected chi connectivity index (χ2v) is 8.32. The fourth-order valence-electron chi connectivity index (χ4n) is 3.94. The number of rotatable bonds is 6. The Morgan fingerprint density at radius 2 is 2.11 bits per heavy atom. The summed E-state index contributed by atoms with van der Waals surface area (Å²) in [5.74, 6) is 0.157. The van der Waals surface area contributed by atoms with Gasteiger partial charge in [0.05, 0.1) is 18.4 Å². The van der Waals surface area contributed by atoms with Crippen LogP contribution < -0.4 is 0 Å². The molecule has 0 bridgehead atoms. The van der Waals surface area contributed by atoms with Gasteiger partial charge < -0.3 is 4.90 Å². The van der Waals surface area contributed by atoms with E-state index in [2.05, 4.69) is 28.4 Å². The molecule has 1 aromatic carbocycles. The maximum absolute atomic E-state index is 12.9. The lowest BCUT2D eigenvalue weighted by Crippen LogP contribution is -2.42. The predicted molar refractivity (Wildman–Crippen MR) is 113 cm³/mol. The maximum atomic E-state index is 12.9. The molecule has 0 aliphatic carbocycles. The van der Waals surface area contributed by atoms with Crippen LogP contribution in [0.5, 0.6) is 0 Å². The van der Waals surface area contributed by atoms with Crippen molar-refractivity contribution in [1.29, 1.82) is 0 Å². The van der Waals surface area contributed by atoms with Gasteiger partial charge in [0.1, 0.15) is 0 Å². The van der Waals surface area contributed by atoms with Gasteiger partial charge >= 0.3 is 0 Å². The average molecular weight is 395 g/mol. The molecule has 1 amide bonds. The fraction of sp³-hybridized carbons (Fsp3) is 0.364. The zero-order valence-corrected chi connectivity index (χ0v) is 17.2. The number of carbonyl (C=O) groups is 1. The minimum Gasteiger partial charge on any atom is -0.340 e. The number of para-hydroxylation sites is 1. The van der Waals surface area contributed by atoms with Crippen molar-refractivity contribution in [2.45, 2.75) is 32.4 Å². The normalized spacial score (nSPS) is 16.7. The second kappa shape index (κ2) is 8.29. The third kappa shape index (κ3) is 3.88. The largest absolute Gasteiger partial charge is 0.340 e. The summed E-state index contributed by atoms with van der Waals surface area (Å²) in [6, 6.07) is 12.6. The van der Waals surface area contributed by atoms with Crippen LogP contribution in [0, 0.1) is 0 Å². The fourth-order valence-corrected chi connectivity index (χ4v) is 4.86. The van der Waals surface area contributed by atoms with Gasteiger partial charge in [-0.15, -0.1) is 11.3 Å². The van der Waals surface area contributed by atoms with Crippen molar-refractivity contribution in [3.8, 4) is 5.69 Å². The number of benzene rings is 1. The first-order valence-electron chi connectivity index (χ1n) is 9.79. The van der Waals surface area contributed by atoms with Crippen molar-refractivity contribution >= 4 is 17.2 Å². The summed E-state index contributed by atoms with van der Waals surface area (Å²) in [5, 5.41) is 6.60. The van der Waals surface area contributed by atoms with Crippen molar-refractivity contribution in [3.63, 3.8) is 0 Å². The Labute approximate surface area is 170 Å². The molecule has 0 radical (unpaired) electrons. The number of aromatic nitrogens is 2. The molecule has 1 unspecified atom stereocenters. The number of hydrogen-bond donors (Lipinski definition) is 0. The molecule has 0 saturated heterocycles. The lowest BCUT2D eigenvalue weighted by atomic mass is 9.98. The van der Waals surface area contributed by atoms with Gasteiger partial charge in [-0.2, -0.15) is 5.10 Å². The van der Waals surface area contributed by atoms with Gasteiger partial charge in [0, 0.05) is 42.8 Å². The van der Waals surface area contributed by atoms with E-state index in [4.69, 9.17) is 0 Å². The summed E-state index contributed by atoms with van der Waals surface area (Å²) in [4.78, 5) is 18.5. The number of carbonyl (C=O) groups excluding carboxylic acids is 1. The monoisotopic (exact) mass is 394 g/mol. The summed E-state index contributed by atoms with van der Waals surface area (Å²) in [5.41, 5.74) is 3.47. The summed E-state index contributed by atoms with van der Waals surface area (Å²) in [6.45, 7) is 4.20. The van der Waals surface area contributed by atoms with E-state index in [1.54, 1.807) is 0 Å². The Bertz CT molecular complexity index is 933. The highest BCUT2D eigenvalue weighted by Gasteiger charge is 2.28. The lowest BCUT2D eigenvalue weighted by molar-refractivity contribution is -0.132. The van der Waals surface area contributed by atoms with E-state index in [1.807, 2.05) is 70.7 Å². The van der Waals surface area contributed by atoms with Crippen molar-refractivity contribution in [1.82, 2.24) is 19.6 Å². The van der Waals surface area contributed by atoms with Crippen LogP contribution in [0.4, 0.5) is 0 Å².